The predicted molar refractivity (Wildman–Crippen MR) is 97.4 cm³/mol. The van der Waals surface area contributed by atoms with Crippen LogP contribution in [0.1, 0.15) is 32.6 Å². The first-order chi connectivity index (χ1) is 11.6. The average molecular weight is 348 g/mol. The molecular weight excluding hydrogens is 324 g/mol. The van der Waals surface area contributed by atoms with Crippen LogP contribution in [0, 0.1) is 5.92 Å². The van der Waals surface area contributed by atoms with Gasteiger partial charge in [-0.05, 0) is 43.1 Å². The Hall–Kier alpha value is -1.82. The summed E-state index contributed by atoms with van der Waals surface area (Å²) in [7, 11) is 1.37. The van der Waals surface area contributed by atoms with Crippen LogP contribution in [0.2, 0.25) is 0 Å². The minimum atomic E-state index is -0.673. The van der Waals surface area contributed by atoms with E-state index in [9.17, 15) is 4.79 Å². The van der Waals surface area contributed by atoms with Crippen LogP contribution in [-0.4, -0.2) is 36.9 Å². The van der Waals surface area contributed by atoms with Gasteiger partial charge in [0, 0.05) is 6.04 Å². The van der Waals surface area contributed by atoms with E-state index in [-0.39, 0.29) is 5.97 Å². The molecule has 24 heavy (non-hydrogen) atoms. The fraction of sp³-hybridized carbons (Fsp3) is 0.556. The van der Waals surface area contributed by atoms with Crippen molar-refractivity contribution in [3.63, 3.8) is 0 Å². The zero-order chi connectivity index (χ0) is 17.1. The van der Waals surface area contributed by atoms with Gasteiger partial charge in [-0.1, -0.05) is 31.9 Å². The summed E-state index contributed by atoms with van der Waals surface area (Å²) in [6, 6.07) is 8.03. The molecule has 0 saturated heterocycles. The first-order valence-corrected chi connectivity index (χ1v) is 8.92. The average Bonchev–Trinajstić information content (AvgIpc) is 2.61. The lowest BCUT2D eigenvalue weighted by Gasteiger charge is -2.38. The van der Waals surface area contributed by atoms with E-state index in [1.807, 2.05) is 29.2 Å². The number of nitrogens with one attached hydrogen (secondary N) is 1. The van der Waals surface area contributed by atoms with Crippen LogP contribution in [0.25, 0.3) is 0 Å². The molecule has 3 rings (SSSR count). The number of hydrogen-bond acceptors (Lipinski definition) is 4. The SMILES string of the molecule is COC(=O)[C@H]1CN(C(=S)N[C@H]2CCCC[C@H]2C)c2ccccc2O1. The Bertz CT molecular complexity index is 622. The number of fused-ring (bicyclic) bond motifs is 1. The topological polar surface area (TPSA) is 50.8 Å². The highest BCUT2D eigenvalue weighted by atomic mass is 32.1. The Kier molecular flexibility index (Phi) is 5.23. The van der Waals surface area contributed by atoms with E-state index >= 15 is 0 Å². The van der Waals surface area contributed by atoms with Crippen molar-refractivity contribution in [1.29, 1.82) is 0 Å². The van der Waals surface area contributed by atoms with E-state index in [0.717, 1.165) is 12.1 Å². The monoisotopic (exact) mass is 348 g/mol. The molecule has 1 saturated carbocycles. The summed E-state index contributed by atoms with van der Waals surface area (Å²) in [6.45, 7) is 2.63. The number of carbonyl (C=O) groups excluding carboxylic acids is 1. The maximum atomic E-state index is 11.9. The van der Waals surface area contributed by atoms with Crippen LogP contribution in [-0.2, 0) is 9.53 Å². The maximum Gasteiger partial charge on any atom is 0.348 e. The summed E-state index contributed by atoms with van der Waals surface area (Å²) in [5, 5.41) is 4.16. The summed E-state index contributed by atoms with van der Waals surface area (Å²) in [6.07, 6.45) is 4.21. The van der Waals surface area contributed by atoms with Crippen LogP contribution < -0.4 is 15.0 Å². The molecule has 0 aromatic heterocycles. The van der Waals surface area contributed by atoms with Crippen molar-refractivity contribution in [1.82, 2.24) is 5.32 Å². The number of benzene rings is 1. The molecular formula is C18H24N2O3S. The Balaban J connectivity index is 1.79. The largest absolute Gasteiger partial charge is 0.475 e. The van der Waals surface area contributed by atoms with Gasteiger partial charge in [0.1, 0.15) is 5.75 Å². The maximum absolute atomic E-state index is 11.9. The van der Waals surface area contributed by atoms with Gasteiger partial charge in [0.2, 0.25) is 6.10 Å². The molecule has 3 atom stereocenters. The lowest BCUT2D eigenvalue weighted by atomic mass is 9.86. The third kappa shape index (κ3) is 3.48. The van der Waals surface area contributed by atoms with Gasteiger partial charge in [0.15, 0.2) is 5.11 Å². The summed E-state index contributed by atoms with van der Waals surface area (Å²) >= 11 is 5.67. The molecule has 1 N–H and O–H groups in total. The Morgan fingerprint density at radius 1 is 1.33 bits per heavy atom. The lowest BCUT2D eigenvalue weighted by Crippen LogP contribution is -2.53. The Morgan fingerprint density at radius 2 is 2.08 bits per heavy atom. The van der Waals surface area contributed by atoms with Crippen LogP contribution in [0.3, 0.4) is 0 Å². The fourth-order valence-electron chi connectivity index (χ4n) is 3.45. The summed E-state index contributed by atoms with van der Waals surface area (Å²) < 4.78 is 10.6. The molecule has 5 nitrogen and oxygen atoms in total. The number of anilines is 1. The zero-order valence-corrected chi connectivity index (χ0v) is 15.0. The predicted octanol–water partition coefficient (Wildman–Crippen LogP) is 2.88. The second-order valence-electron chi connectivity index (χ2n) is 6.53. The van der Waals surface area contributed by atoms with Crippen LogP contribution >= 0.6 is 12.2 Å². The van der Waals surface area contributed by atoms with Crippen LogP contribution in [0.4, 0.5) is 5.69 Å². The molecule has 0 amide bonds. The number of ether oxygens (including phenoxy) is 2. The van der Waals surface area contributed by atoms with E-state index in [1.165, 1.54) is 26.4 Å². The molecule has 130 valence electrons. The highest BCUT2D eigenvalue weighted by Gasteiger charge is 2.34. The minimum Gasteiger partial charge on any atom is -0.475 e. The number of thiocarbonyl (C=S) groups is 1. The first kappa shape index (κ1) is 17.0. The third-order valence-electron chi connectivity index (χ3n) is 4.90. The van der Waals surface area contributed by atoms with Gasteiger partial charge in [0.05, 0.1) is 19.3 Å². The molecule has 0 radical (unpaired) electrons. The molecule has 0 unspecified atom stereocenters. The normalized spacial score (nSPS) is 26.1. The van der Waals surface area contributed by atoms with Gasteiger partial charge in [-0.15, -0.1) is 0 Å². The Labute approximate surface area is 148 Å². The number of para-hydroxylation sites is 2. The molecule has 1 aromatic carbocycles. The van der Waals surface area contributed by atoms with Crippen molar-refractivity contribution in [2.24, 2.45) is 5.92 Å². The second kappa shape index (κ2) is 7.38. The van der Waals surface area contributed by atoms with Crippen molar-refractivity contribution in [2.75, 3.05) is 18.6 Å². The molecule has 1 aliphatic carbocycles. The number of methoxy groups -OCH3 is 1. The molecule has 1 fully saturated rings. The number of carbonyl (C=O) groups is 1. The zero-order valence-electron chi connectivity index (χ0n) is 14.2. The van der Waals surface area contributed by atoms with Crippen molar-refractivity contribution < 1.29 is 14.3 Å². The summed E-state index contributed by atoms with van der Waals surface area (Å²) in [4.78, 5) is 13.9. The number of nitrogens with zero attached hydrogens (tertiary/aromatic N) is 1. The van der Waals surface area contributed by atoms with Gasteiger partial charge >= 0.3 is 5.97 Å². The fourth-order valence-corrected chi connectivity index (χ4v) is 3.77. The lowest BCUT2D eigenvalue weighted by molar-refractivity contribution is -0.148. The van der Waals surface area contributed by atoms with Gasteiger partial charge in [-0.25, -0.2) is 4.79 Å². The molecule has 1 aromatic rings. The van der Waals surface area contributed by atoms with Crippen molar-refractivity contribution in [3.8, 4) is 5.75 Å². The summed E-state index contributed by atoms with van der Waals surface area (Å²) in [5.74, 6) is 0.868. The van der Waals surface area contributed by atoms with Gasteiger partial charge in [0.25, 0.3) is 0 Å². The van der Waals surface area contributed by atoms with E-state index in [0.29, 0.717) is 29.4 Å². The third-order valence-corrected chi connectivity index (χ3v) is 5.24. The highest BCUT2D eigenvalue weighted by molar-refractivity contribution is 7.80. The first-order valence-electron chi connectivity index (χ1n) is 8.51. The number of hydrogen-bond donors (Lipinski definition) is 1. The smallest absolute Gasteiger partial charge is 0.348 e. The molecule has 6 heteroatoms. The van der Waals surface area contributed by atoms with E-state index < -0.39 is 6.10 Å². The van der Waals surface area contributed by atoms with E-state index in [2.05, 4.69) is 12.2 Å². The highest BCUT2D eigenvalue weighted by Crippen LogP contribution is 2.34. The molecule has 1 aliphatic heterocycles. The van der Waals surface area contributed by atoms with Gasteiger partial charge in [-0.2, -0.15) is 0 Å². The second-order valence-corrected chi connectivity index (χ2v) is 6.91. The molecule has 0 spiro atoms. The molecule has 1 heterocycles. The van der Waals surface area contributed by atoms with Gasteiger partial charge in [-0.3, -0.25) is 0 Å². The van der Waals surface area contributed by atoms with Crippen molar-refractivity contribution >= 4 is 29.0 Å². The van der Waals surface area contributed by atoms with Crippen LogP contribution in [0.15, 0.2) is 24.3 Å². The van der Waals surface area contributed by atoms with Crippen molar-refractivity contribution in [3.05, 3.63) is 24.3 Å². The van der Waals surface area contributed by atoms with Gasteiger partial charge < -0.3 is 19.7 Å². The number of rotatable bonds is 2. The standard InChI is InChI=1S/C18H24N2O3S/c1-12-7-3-4-8-13(12)19-18(24)20-11-16(17(21)22-2)23-15-10-6-5-9-14(15)20/h5-6,9-10,12-13,16H,3-4,7-8,11H2,1-2H3,(H,19,24)/t12-,13+,16-/m1/s1. The Morgan fingerprint density at radius 3 is 2.83 bits per heavy atom. The van der Waals surface area contributed by atoms with E-state index in [1.54, 1.807) is 0 Å². The summed E-state index contributed by atoms with van der Waals surface area (Å²) in [5.41, 5.74) is 0.888. The number of esters is 1. The quantitative estimate of drug-likeness (QED) is 0.655. The van der Waals surface area contributed by atoms with E-state index in [4.69, 9.17) is 21.7 Å². The van der Waals surface area contributed by atoms with Crippen LogP contribution in [0.5, 0.6) is 5.75 Å². The molecule has 2 aliphatic rings. The minimum absolute atomic E-state index is 0.358. The van der Waals surface area contributed by atoms with Crippen molar-refractivity contribution in [2.45, 2.75) is 44.8 Å². The molecule has 0 bridgehead atoms.